The van der Waals surface area contributed by atoms with Crippen LogP contribution in [0.4, 0.5) is 0 Å². The van der Waals surface area contributed by atoms with Crippen molar-refractivity contribution in [3.63, 3.8) is 0 Å². The number of thiazole rings is 1. The van der Waals surface area contributed by atoms with Crippen molar-refractivity contribution in [2.75, 3.05) is 6.54 Å². The van der Waals surface area contributed by atoms with Crippen LogP contribution >= 0.6 is 22.9 Å². The van der Waals surface area contributed by atoms with E-state index in [9.17, 15) is 4.79 Å². The summed E-state index contributed by atoms with van der Waals surface area (Å²) in [5.74, 6) is -0.0811. The van der Waals surface area contributed by atoms with Gasteiger partial charge < -0.3 is 5.32 Å². The second-order valence-corrected chi connectivity index (χ2v) is 7.39. The summed E-state index contributed by atoms with van der Waals surface area (Å²) in [5, 5.41) is 12.8. The molecule has 2 aromatic heterocycles. The number of nitrogens with zero attached hydrogens (tertiary/aromatic N) is 4. The lowest BCUT2D eigenvalue weighted by Gasteiger charge is -2.03. The number of hydrogen-bond acceptors (Lipinski definition) is 5. The van der Waals surface area contributed by atoms with E-state index in [0.717, 1.165) is 24.2 Å². The number of hydrogen-bond donors (Lipinski definition) is 1. The zero-order valence-corrected chi connectivity index (χ0v) is 16.5. The van der Waals surface area contributed by atoms with Crippen LogP contribution in [0.5, 0.6) is 0 Å². The molecular weight excluding hydrogens is 370 g/mol. The topological polar surface area (TPSA) is 72.7 Å². The molecule has 3 aromatic rings. The van der Waals surface area contributed by atoms with Crippen molar-refractivity contribution >= 4 is 28.8 Å². The first-order valence-electron chi connectivity index (χ1n) is 8.45. The Morgan fingerprint density at radius 1 is 1.27 bits per heavy atom. The minimum Gasteiger partial charge on any atom is -0.351 e. The van der Waals surface area contributed by atoms with Crippen molar-refractivity contribution in [3.05, 3.63) is 45.6 Å². The van der Waals surface area contributed by atoms with E-state index in [4.69, 9.17) is 11.6 Å². The molecule has 136 valence electrons. The lowest BCUT2D eigenvalue weighted by atomic mass is 10.3. The Morgan fingerprint density at radius 3 is 2.69 bits per heavy atom. The number of nitrogens with one attached hydrogen (secondary N) is 1. The van der Waals surface area contributed by atoms with Crippen molar-refractivity contribution in [1.82, 2.24) is 25.3 Å². The summed E-state index contributed by atoms with van der Waals surface area (Å²) in [6.07, 6.45) is 2.01. The van der Waals surface area contributed by atoms with E-state index >= 15 is 0 Å². The first kappa shape index (κ1) is 18.5. The minimum absolute atomic E-state index is 0.0811. The Labute approximate surface area is 161 Å². The predicted octanol–water partition coefficient (Wildman–Crippen LogP) is 4.19. The molecule has 26 heavy (non-hydrogen) atoms. The summed E-state index contributed by atoms with van der Waals surface area (Å²) in [6, 6.07) is 7.38. The smallest absolute Gasteiger partial charge is 0.263 e. The summed E-state index contributed by atoms with van der Waals surface area (Å²) >= 11 is 7.29. The summed E-state index contributed by atoms with van der Waals surface area (Å²) in [6.45, 7) is 6.54. The van der Waals surface area contributed by atoms with Crippen molar-refractivity contribution in [1.29, 1.82) is 0 Å². The zero-order chi connectivity index (χ0) is 18.7. The van der Waals surface area contributed by atoms with Gasteiger partial charge in [-0.05, 0) is 44.5 Å². The van der Waals surface area contributed by atoms with Gasteiger partial charge in [0.05, 0.1) is 17.1 Å². The van der Waals surface area contributed by atoms with Gasteiger partial charge in [0.15, 0.2) is 0 Å². The number of carbonyl (C=O) groups is 1. The molecule has 6 nitrogen and oxygen atoms in total. The van der Waals surface area contributed by atoms with E-state index in [1.807, 2.05) is 38.1 Å². The number of amides is 1. The number of unbranched alkanes of at least 4 members (excludes halogenated alkanes) is 1. The van der Waals surface area contributed by atoms with Crippen LogP contribution in [0, 0.1) is 13.8 Å². The van der Waals surface area contributed by atoms with Gasteiger partial charge in [-0.1, -0.05) is 30.2 Å². The molecule has 0 aliphatic heterocycles. The monoisotopic (exact) mass is 389 g/mol. The molecule has 0 saturated carbocycles. The fraction of sp³-hybridized carbons (Fsp3) is 0.333. The van der Waals surface area contributed by atoms with E-state index < -0.39 is 0 Å². The second kappa shape index (κ2) is 7.97. The molecule has 0 unspecified atom stereocenters. The fourth-order valence-corrected chi connectivity index (χ4v) is 3.67. The maximum atomic E-state index is 12.3. The molecule has 1 amide bonds. The van der Waals surface area contributed by atoms with Crippen molar-refractivity contribution in [2.24, 2.45) is 0 Å². The van der Waals surface area contributed by atoms with Crippen LogP contribution in [-0.4, -0.2) is 32.4 Å². The van der Waals surface area contributed by atoms with Gasteiger partial charge in [0.25, 0.3) is 5.91 Å². The average Bonchev–Trinajstić information content (AvgIpc) is 3.19. The molecule has 0 radical (unpaired) electrons. The van der Waals surface area contributed by atoms with Crippen molar-refractivity contribution in [2.45, 2.75) is 33.6 Å². The van der Waals surface area contributed by atoms with E-state index in [-0.39, 0.29) is 5.91 Å². The van der Waals surface area contributed by atoms with Gasteiger partial charge in [0.2, 0.25) is 0 Å². The second-order valence-electron chi connectivity index (χ2n) is 5.95. The normalized spacial score (nSPS) is 10.9. The first-order valence-corrected chi connectivity index (χ1v) is 9.65. The van der Waals surface area contributed by atoms with Crippen LogP contribution in [0.15, 0.2) is 24.3 Å². The standard InChI is InChI=1S/C18H20ClN5OS/c1-4-5-10-20-17(25)16-11(2)21-18(26-16)15-12(3)24(23-22-15)14-8-6-13(19)7-9-14/h6-9H,4-5,10H2,1-3H3,(H,20,25). The van der Waals surface area contributed by atoms with Gasteiger partial charge >= 0.3 is 0 Å². The van der Waals surface area contributed by atoms with Gasteiger partial charge in [0.1, 0.15) is 15.6 Å². The Balaban J connectivity index is 1.87. The molecule has 1 aromatic carbocycles. The third-order valence-corrected chi connectivity index (χ3v) is 5.40. The highest BCUT2D eigenvalue weighted by molar-refractivity contribution is 7.17. The molecule has 1 N–H and O–H groups in total. The lowest BCUT2D eigenvalue weighted by molar-refractivity contribution is 0.0956. The quantitative estimate of drug-likeness (QED) is 0.641. The number of rotatable bonds is 6. The third-order valence-electron chi connectivity index (χ3n) is 3.99. The average molecular weight is 390 g/mol. The molecule has 0 fully saturated rings. The molecule has 0 saturated heterocycles. The first-order chi connectivity index (χ1) is 12.5. The van der Waals surface area contributed by atoms with Crippen molar-refractivity contribution in [3.8, 4) is 16.4 Å². The van der Waals surface area contributed by atoms with Crippen LogP contribution in [0.3, 0.4) is 0 Å². The number of benzene rings is 1. The number of halogens is 1. The molecule has 0 aliphatic carbocycles. The largest absolute Gasteiger partial charge is 0.351 e. The number of aryl methyl sites for hydroxylation is 1. The van der Waals surface area contributed by atoms with Crippen LogP contribution in [0.25, 0.3) is 16.4 Å². The fourth-order valence-electron chi connectivity index (χ4n) is 2.52. The molecule has 0 bridgehead atoms. The maximum Gasteiger partial charge on any atom is 0.263 e. The number of carbonyl (C=O) groups excluding carboxylic acids is 1. The summed E-state index contributed by atoms with van der Waals surface area (Å²) in [5.41, 5.74) is 3.12. The highest BCUT2D eigenvalue weighted by Gasteiger charge is 2.20. The molecule has 0 atom stereocenters. The molecule has 0 spiro atoms. The van der Waals surface area contributed by atoms with Gasteiger partial charge in [-0.2, -0.15) is 0 Å². The molecule has 3 rings (SSSR count). The molecule has 2 heterocycles. The van der Waals surface area contributed by atoms with E-state index in [0.29, 0.717) is 32.8 Å². The van der Waals surface area contributed by atoms with Gasteiger partial charge in [0, 0.05) is 11.6 Å². The van der Waals surface area contributed by atoms with Gasteiger partial charge in [-0.3, -0.25) is 4.79 Å². The SMILES string of the molecule is CCCCNC(=O)c1sc(-c2nnn(-c3ccc(Cl)cc3)c2C)nc1C. The number of aromatic nitrogens is 4. The van der Waals surface area contributed by atoms with E-state index in [2.05, 4.69) is 27.5 Å². The zero-order valence-electron chi connectivity index (χ0n) is 14.9. The van der Waals surface area contributed by atoms with Gasteiger partial charge in [-0.25, -0.2) is 9.67 Å². The van der Waals surface area contributed by atoms with E-state index in [1.165, 1.54) is 11.3 Å². The Morgan fingerprint density at radius 2 is 2.00 bits per heavy atom. The van der Waals surface area contributed by atoms with Crippen LogP contribution in [0.1, 0.15) is 40.8 Å². The molecule has 8 heteroatoms. The highest BCUT2D eigenvalue weighted by atomic mass is 35.5. The maximum absolute atomic E-state index is 12.3. The van der Waals surface area contributed by atoms with E-state index in [1.54, 1.807) is 4.68 Å². The van der Waals surface area contributed by atoms with Crippen LogP contribution in [-0.2, 0) is 0 Å². The predicted molar refractivity (Wildman–Crippen MR) is 104 cm³/mol. The lowest BCUT2D eigenvalue weighted by Crippen LogP contribution is -2.24. The minimum atomic E-state index is -0.0811. The van der Waals surface area contributed by atoms with Crippen LogP contribution < -0.4 is 5.32 Å². The highest BCUT2D eigenvalue weighted by Crippen LogP contribution is 2.29. The molecule has 0 aliphatic rings. The van der Waals surface area contributed by atoms with Crippen molar-refractivity contribution < 1.29 is 4.79 Å². The Hall–Kier alpha value is -2.25. The molecular formula is C18H20ClN5OS. The Bertz CT molecular complexity index is 916. The summed E-state index contributed by atoms with van der Waals surface area (Å²) < 4.78 is 1.74. The van der Waals surface area contributed by atoms with Crippen LogP contribution in [0.2, 0.25) is 5.02 Å². The Kier molecular flexibility index (Phi) is 5.68. The van der Waals surface area contributed by atoms with Gasteiger partial charge in [-0.15, -0.1) is 16.4 Å². The summed E-state index contributed by atoms with van der Waals surface area (Å²) in [4.78, 5) is 17.5. The third kappa shape index (κ3) is 3.78. The summed E-state index contributed by atoms with van der Waals surface area (Å²) in [7, 11) is 0.